The topological polar surface area (TPSA) is 12.5 Å². The molecule has 1 unspecified atom stereocenters. The molecule has 0 saturated carbocycles. The monoisotopic (exact) mass is 475 g/mol. The molecule has 3 aromatic rings. The molecule has 1 fully saturated rings. The second-order valence-corrected chi connectivity index (χ2v) is 9.22. The molecule has 0 aliphatic carbocycles. The first-order valence-electron chi connectivity index (χ1n) is 10.9. The molecule has 1 aliphatic rings. The van der Waals surface area contributed by atoms with Gasteiger partial charge < -0.3 is 4.74 Å². The fraction of sp³-hybridized carbons (Fsp3) is 0.308. The van der Waals surface area contributed by atoms with Gasteiger partial charge in [0.15, 0.2) is 0 Å². The van der Waals surface area contributed by atoms with E-state index in [-0.39, 0.29) is 11.0 Å². The van der Waals surface area contributed by atoms with Crippen LogP contribution in [0.25, 0.3) is 0 Å². The van der Waals surface area contributed by atoms with Crippen LogP contribution in [0.3, 0.4) is 0 Å². The Kier molecular flexibility index (Phi) is 7.73. The second kappa shape index (κ2) is 10.7. The number of hydrogen-bond donors (Lipinski definition) is 0. The quantitative estimate of drug-likeness (QED) is 0.281. The van der Waals surface area contributed by atoms with E-state index in [4.69, 9.17) is 4.74 Å². The lowest BCUT2D eigenvalue weighted by Crippen LogP contribution is -2.45. The Morgan fingerprint density at radius 3 is 2.48 bits per heavy atom. The number of morpholine rings is 1. The van der Waals surface area contributed by atoms with Gasteiger partial charge in [0.05, 0.1) is 23.5 Å². The highest BCUT2D eigenvalue weighted by Gasteiger charge is 2.36. The second-order valence-electron chi connectivity index (χ2n) is 8.03. The predicted octanol–water partition coefficient (Wildman–Crippen LogP) is 6.62. The first-order chi connectivity index (χ1) is 15.9. The molecule has 174 valence electrons. The van der Waals surface area contributed by atoms with Gasteiger partial charge in [0.25, 0.3) is 0 Å². The molecule has 4 rings (SSSR count). The van der Waals surface area contributed by atoms with E-state index in [2.05, 4.69) is 17.0 Å². The predicted molar refractivity (Wildman–Crippen MR) is 123 cm³/mol. The summed E-state index contributed by atoms with van der Waals surface area (Å²) in [5.74, 6) is -0.418. The Hall–Kier alpha value is -2.35. The number of thioether (sulfide) groups is 1. The van der Waals surface area contributed by atoms with Crippen LogP contribution < -0.4 is 0 Å². The zero-order chi connectivity index (χ0) is 23.3. The number of benzene rings is 3. The Labute approximate surface area is 195 Å². The number of alkyl halides is 3. The third-order valence-corrected chi connectivity index (χ3v) is 7.14. The number of nitrogens with zero attached hydrogens (tertiary/aromatic N) is 1. The highest BCUT2D eigenvalue weighted by atomic mass is 32.2. The molecule has 2 atom stereocenters. The van der Waals surface area contributed by atoms with Crippen molar-refractivity contribution in [1.29, 1.82) is 0 Å². The van der Waals surface area contributed by atoms with E-state index in [1.165, 1.54) is 29.8 Å². The summed E-state index contributed by atoms with van der Waals surface area (Å²) in [5, 5.41) is -0.483. The van der Waals surface area contributed by atoms with E-state index in [1.807, 2.05) is 18.2 Å². The maximum atomic E-state index is 14.0. The van der Waals surface area contributed by atoms with Gasteiger partial charge in [0.1, 0.15) is 5.82 Å². The molecular weight excluding hydrogens is 450 g/mol. The highest BCUT2D eigenvalue weighted by Crippen LogP contribution is 2.45. The van der Waals surface area contributed by atoms with Crippen LogP contribution in [-0.2, 0) is 17.3 Å². The Morgan fingerprint density at radius 1 is 0.970 bits per heavy atom. The normalized spacial score (nSPS) is 18.2. The SMILES string of the molecule is Fc1cccc(C(Sc2ccccc2C(F)(F)F)[C@@H]2CN(CCc3ccccc3)CCO2)c1. The van der Waals surface area contributed by atoms with Crippen molar-refractivity contribution in [3.63, 3.8) is 0 Å². The Balaban J connectivity index is 1.56. The molecule has 0 spiro atoms. The number of ether oxygens (including phenoxy) is 1. The highest BCUT2D eigenvalue weighted by molar-refractivity contribution is 7.99. The summed E-state index contributed by atoms with van der Waals surface area (Å²) >= 11 is 1.09. The van der Waals surface area contributed by atoms with Gasteiger partial charge in [0, 0.05) is 24.5 Å². The van der Waals surface area contributed by atoms with Crippen molar-refractivity contribution in [1.82, 2.24) is 4.90 Å². The lowest BCUT2D eigenvalue weighted by atomic mass is 10.0. The standard InChI is InChI=1S/C26H25F4NOS/c27-21-10-6-9-20(17-21)25(33-24-12-5-4-11-22(24)26(28,29)30)23-18-31(15-16-32-23)14-13-19-7-2-1-3-8-19/h1-12,17,23,25H,13-16,18H2/t23-,25?/m0/s1. The summed E-state index contributed by atoms with van der Waals surface area (Å²) in [6.07, 6.45) is -3.96. The zero-order valence-electron chi connectivity index (χ0n) is 18.0. The first-order valence-corrected chi connectivity index (χ1v) is 11.7. The molecule has 0 bridgehead atoms. The third-order valence-electron chi connectivity index (χ3n) is 5.70. The number of halogens is 4. The van der Waals surface area contributed by atoms with Crippen LogP contribution in [-0.4, -0.2) is 37.2 Å². The summed E-state index contributed by atoms with van der Waals surface area (Å²) in [7, 11) is 0. The molecule has 0 aromatic heterocycles. The number of hydrogen-bond acceptors (Lipinski definition) is 3. The average Bonchev–Trinajstić information content (AvgIpc) is 2.82. The van der Waals surface area contributed by atoms with Crippen LogP contribution >= 0.6 is 11.8 Å². The van der Waals surface area contributed by atoms with E-state index >= 15 is 0 Å². The molecule has 1 heterocycles. The van der Waals surface area contributed by atoms with Gasteiger partial charge in [0.2, 0.25) is 0 Å². The molecule has 7 heteroatoms. The van der Waals surface area contributed by atoms with Gasteiger partial charge in [-0.3, -0.25) is 4.90 Å². The van der Waals surface area contributed by atoms with Gasteiger partial charge in [-0.05, 0) is 41.8 Å². The van der Waals surface area contributed by atoms with Crippen molar-refractivity contribution in [3.8, 4) is 0 Å². The zero-order valence-corrected chi connectivity index (χ0v) is 18.8. The summed E-state index contributed by atoms with van der Waals surface area (Å²) in [4.78, 5) is 2.38. The van der Waals surface area contributed by atoms with Crippen molar-refractivity contribution in [2.45, 2.75) is 28.8 Å². The molecule has 33 heavy (non-hydrogen) atoms. The van der Waals surface area contributed by atoms with E-state index in [0.717, 1.165) is 37.3 Å². The van der Waals surface area contributed by atoms with Gasteiger partial charge in [-0.1, -0.05) is 54.6 Å². The molecule has 3 aromatic carbocycles. The third kappa shape index (κ3) is 6.37. The first kappa shape index (κ1) is 23.8. The van der Waals surface area contributed by atoms with Gasteiger partial charge >= 0.3 is 6.18 Å². The Bertz CT molecular complexity index is 1040. The summed E-state index contributed by atoms with van der Waals surface area (Å²) in [6, 6.07) is 21.7. The number of rotatable bonds is 7. The largest absolute Gasteiger partial charge is 0.417 e. The van der Waals surface area contributed by atoms with Crippen LogP contribution in [0.5, 0.6) is 0 Å². The minimum atomic E-state index is -4.47. The van der Waals surface area contributed by atoms with Gasteiger partial charge in [-0.15, -0.1) is 11.8 Å². The van der Waals surface area contributed by atoms with Crippen molar-refractivity contribution < 1.29 is 22.3 Å². The van der Waals surface area contributed by atoms with Crippen LogP contribution in [0.4, 0.5) is 17.6 Å². The maximum absolute atomic E-state index is 14.0. The minimum Gasteiger partial charge on any atom is -0.374 e. The van der Waals surface area contributed by atoms with Gasteiger partial charge in [-0.25, -0.2) is 4.39 Å². The minimum absolute atomic E-state index is 0.115. The van der Waals surface area contributed by atoms with Crippen LogP contribution in [0.2, 0.25) is 0 Å². The lowest BCUT2D eigenvalue weighted by Gasteiger charge is -2.37. The molecular formula is C26H25F4NOS. The summed E-state index contributed by atoms with van der Waals surface area (Å²) in [6.45, 7) is 2.62. The van der Waals surface area contributed by atoms with E-state index < -0.39 is 22.8 Å². The molecule has 0 amide bonds. The molecule has 1 aliphatic heterocycles. The van der Waals surface area contributed by atoms with Crippen molar-refractivity contribution in [2.75, 3.05) is 26.2 Å². The fourth-order valence-corrected chi connectivity index (χ4v) is 5.37. The molecule has 0 N–H and O–H groups in total. The van der Waals surface area contributed by atoms with E-state index in [1.54, 1.807) is 18.2 Å². The maximum Gasteiger partial charge on any atom is 0.417 e. The van der Waals surface area contributed by atoms with Crippen LogP contribution in [0, 0.1) is 5.82 Å². The van der Waals surface area contributed by atoms with E-state index in [9.17, 15) is 17.6 Å². The average molecular weight is 476 g/mol. The van der Waals surface area contributed by atoms with Crippen LogP contribution in [0.15, 0.2) is 83.8 Å². The smallest absolute Gasteiger partial charge is 0.374 e. The van der Waals surface area contributed by atoms with Crippen LogP contribution in [0.1, 0.15) is 21.9 Å². The lowest BCUT2D eigenvalue weighted by molar-refractivity contribution is -0.139. The van der Waals surface area contributed by atoms with Crippen molar-refractivity contribution in [2.24, 2.45) is 0 Å². The molecule has 1 saturated heterocycles. The van der Waals surface area contributed by atoms with Crippen molar-refractivity contribution in [3.05, 3.63) is 101 Å². The fourth-order valence-electron chi connectivity index (χ4n) is 4.03. The van der Waals surface area contributed by atoms with Gasteiger partial charge in [-0.2, -0.15) is 13.2 Å². The molecule has 2 nitrogen and oxygen atoms in total. The summed E-state index contributed by atoms with van der Waals surface area (Å²) in [5.41, 5.74) is 1.16. The Morgan fingerprint density at radius 2 is 1.73 bits per heavy atom. The summed E-state index contributed by atoms with van der Waals surface area (Å²) < 4.78 is 61.0. The molecule has 0 radical (unpaired) electrons. The van der Waals surface area contributed by atoms with Crippen molar-refractivity contribution >= 4 is 11.8 Å². The van der Waals surface area contributed by atoms with E-state index in [0.29, 0.717) is 18.7 Å².